The van der Waals surface area contributed by atoms with Crippen LogP contribution in [0.3, 0.4) is 0 Å². The van der Waals surface area contributed by atoms with Gasteiger partial charge in [-0.1, -0.05) is 78.1 Å². The number of benzene rings is 2. The summed E-state index contributed by atoms with van der Waals surface area (Å²) >= 11 is 6.89. The standard InChI is InChI=1S/C16H25BrO3.C16H23BrO3/c2*1-3-4-5-6-7-8-9-20-16-14(17)10-13(12-18)11-15(16)19-2/h10-11,18H,3-9,12H2,1-2H3;10-12H,3-9H2,1-2H3. The maximum absolute atomic E-state index is 10.8. The van der Waals surface area contributed by atoms with E-state index in [0.717, 1.165) is 39.4 Å². The lowest BCUT2D eigenvalue weighted by molar-refractivity contribution is 0.112. The molecule has 0 saturated heterocycles. The third-order valence-electron chi connectivity index (χ3n) is 6.35. The number of halogens is 2. The van der Waals surface area contributed by atoms with Crippen molar-refractivity contribution in [1.82, 2.24) is 0 Å². The van der Waals surface area contributed by atoms with Crippen molar-refractivity contribution in [2.45, 2.75) is 97.5 Å². The Hall–Kier alpha value is -1.77. The lowest BCUT2D eigenvalue weighted by atomic mass is 10.1. The van der Waals surface area contributed by atoms with Gasteiger partial charge in [0.05, 0.1) is 43.0 Å². The fourth-order valence-corrected chi connectivity index (χ4v) is 5.24. The van der Waals surface area contributed by atoms with E-state index < -0.39 is 0 Å². The summed E-state index contributed by atoms with van der Waals surface area (Å²) in [5.41, 5.74) is 1.38. The summed E-state index contributed by atoms with van der Waals surface area (Å²) in [6, 6.07) is 7.10. The lowest BCUT2D eigenvalue weighted by Gasteiger charge is -2.13. The molecule has 0 spiro atoms. The average molecular weight is 689 g/mol. The van der Waals surface area contributed by atoms with Gasteiger partial charge in [0.15, 0.2) is 23.0 Å². The SMILES string of the molecule is CCCCCCCCOc1c(Br)cc(C=O)cc1OC.CCCCCCCCOc1c(Br)cc(CO)cc1OC. The molecule has 0 aromatic heterocycles. The second-order valence-corrected chi connectivity index (χ2v) is 11.4. The molecule has 2 rings (SSSR count). The molecule has 0 heterocycles. The second-order valence-electron chi connectivity index (χ2n) is 9.65. The molecule has 40 heavy (non-hydrogen) atoms. The van der Waals surface area contributed by atoms with E-state index in [2.05, 4.69) is 45.7 Å². The first-order valence-corrected chi connectivity index (χ1v) is 16.1. The van der Waals surface area contributed by atoms with Crippen LogP contribution in [0.25, 0.3) is 0 Å². The van der Waals surface area contributed by atoms with Crippen LogP contribution in [0.2, 0.25) is 0 Å². The fourth-order valence-electron chi connectivity index (χ4n) is 4.07. The molecule has 2 aromatic carbocycles. The van der Waals surface area contributed by atoms with Crippen LogP contribution in [0.5, 0.6) is 23.0 Å². The lowest BCUT2D eigenvalue weighted by Crippen LogP contribution is -2.01. The zero-order valence-electron chi connectivity index (χ0n) is 24.7. The number of ether oxygens (including phenoxy) is 4. The van der Waals surface area contributed by atoms with Gasteiger partial charge in [-0.2, -0.15) is 0 Å². The Morgan fingerprint density at radius 3 is 1.57 bits per heavy atom. The summed E-state index contributed by atoms with van der Waals surface area (Å²) in [4.78, 5) is 10.8. The van der Waals surface area contributed by atoms with E-state index >= 15 is 0 Å². The van der Waals surface area contributed by atoms with Crippen molar-refractivity contribution < 1.29 is 28.8 Å². The molecule has 0 radical (unpaired) electrons. The molecule has 6 nitrogen and oxygen atoms in total. The second kappa shape index (κ2) is 22.9. The summed E-state index contributed by atoms with van der Waals surface area (Å²) in [7, 11) is 3.19. The summed E-state index contributed by atoms with van der Waals surface area (Å²) in [6.45, 7) is 5.80. The van der Waals surface area contributed by atoms with Crippen molar-refractivity contribution in [1.29, 1.82) is 0 Å². The van der Waals surface area contributed by atoms with Crippen molar-refractivity contribution in [3.63, 3.8) is 0 Å². The van der Waals surface area contributed by atoms with E-state index in [-0.39, 0.29) is 6.61 Å². The number of hydrogen-bond acceptors (Lipinski definition) is 6. The van der Waals surface area contributed by atoms with Crippen LogP contribution in [0.4, 0.5) is 0 Å². The van der Waals surface area contributed by atoms with E-state index in [1.165, 1.54) is 64.2 Å². The van der Waals surface area contributed by atoms with Crippen molar-refractivity contribution in [3.8, 4) is 23.0 Å². The highest BCUT2D eigenvalue weighted by Gasteiger charge is 2.12. The molecular weight excluding hydrogens is 640 g/mol. The molecule has 0 aliphatic rings. The summed E-state index contributed by atoms with van der Waals surface area (Å²) in [5.74, 6) is 2.65. The molecule has 0 atom stereocenters. The van der Waals surface area contributed by atoms with Crippen LogP contribution < -0.4 is 18.9 Å². The van der Waals surface area contributed by atoms with Gasteiger partial charge in [0.1, 0.15) is 6.29 Å². The zero-order chi connectivity index (χ0) is 29.6. The largest absolute Gasteiger partial charge is 0.493 e. The minimum atomic E-state index is -0.00727. The molecular formula is C32H48Br2O6. The van der Waals surface area contributed by atoms with Crippen LogP contribution in [0.15, 0.2) is 33.2 Å². The van der Waals surface area contributed by atoms with Gasteiger partial charge in [-0.25, -0.2) is 0 Å². The van der Waals surface area contributed by atoms with Crippen LogP contribution in [-0.4, -0.2) is 38.8 Å². The number of aliphatic hydroxyl groups is 1. The molecule has 0 saturated carbocycles. The molecule has 2 aromatic rings. The number of aldehydes is 1. The molecule has 0 amide bonds. The topological polar surface area (TPSA) is 74.2 Å². The van der Waals surface area contributed by atoms with Crippen molar-refractivity contribution in [3.05, 3.63) is 44.3 Å². The van der Waals surface area contributed by atoms with Gasteiger partial charge < -0.3 is 24.1 Å². The first kappa shape index (κ1) is 36.3. The number of methoxy groups -OCH3 is 2. The third-order valence-corrected chi connectivity index (χ3v) is 7.53. The zero-order valence-corrected chi connectivity index (χ0v) is 27.9. The van der Waals surface area contributed by atoms with Gasteiger partial charge in [0, 0.05) is 5.56 Å². The molecule has 1 N–H and O–H groups in total. The third kappa shape index (κ3) is 14.2. The highest BCUT2D eigenvalue weighted by Crippen LogP contribution is 2.37. The minimum Gasteiger partial charge on any atom is -0.493 e. The van der Waals surface area contributed by atoms with Gasteiger partial charge in [-0.15, -0.1) is 0 Å². The maximum atomic E-state index is 10.8. The number of aliphatic hydroxyl groups excluding tert-OH is 1. The Morgan fingerprint density at radius 2 is 1.12 bits per heavy atom. The molecule has 0 aliphatic carbocycles. The predicted octanol–water partition coefficient (Wildman–Crippen LogP) is 9.70. The van der Waals surface area contributed by atoms with Crippen LogP contribution in [0, 0.1) is 0 Å². The summed E-state index contributed by atoms with van der Waals surface area (Å²) in [5, 5.41) is 9.17. The summed E-state index contributed by atoms with van der Waals surface area (Å²) < 4.78 is 23.7. The van der Waals surface area contributed by atoms with E-state index in [4.69, 9.17) is 18.9 Å². The highest BCUT2D eigenvalue weighted by atomic mass is 79.9. The summed E-state index contributed by atoms with van der Waals surface area (Å²) in [6.07, 6.45) is 15.6. The Labute approximate surface area is 258 Å². The first-order chi connectivity index (χ1) is 19.4. The van der Waals surface area contributed by atoms with Gasteiger partial charge in [-0.05, 0) is 74.5 Å². The first-order valence-electron chi connectivity index (χ1n) is 14.5. The van der Waals surface area contributed by atoms with E-state index in [1.54, 1.807) is 32.4 Å². The number of hydrogen-bond donors (Lipinski definition) is 1. The minimum absolute atomic E-state index is 0.00727. The Morgan fingerprint density at radius 1 is 0.675 bits per heavy atom. The normalized spacial score (nSPS) is 10.5. The Kier molecular flexibility index (Phi) is 20.7. The quantitative estimate of drug-likeness (QED) is 0.110. The fraction of sp³-hybridized carbons (Fsp3) is 0.594. The van der Waals surface area contributed by atoms with Crippen LogP contribution in [-0.2, 0) is 6.61 Å². The van der Waals surface area contributed by atoms with E-state index in [0.29, 0.717) is 36.0 Å². The highest BCUT2D eigenvalue weighted by molar-refractivity contribution is 9.11. The van der Waals surface area contributed by atoms with Gasteiger partial charge in [-0.3, -0.25) is 4.79 Å². The number of unbranched alkanes of at least 4 members (excludes halogenated alkanes) is 10. The number of carbonyl (C=O) groups excluding carboxylic acids is 1. The van der Waals surface area contributed by atoms with Crippen molar-refractivity contribution >= 4 is 38.1 Å². The Bertz CT molecular complexity index is 967. The Balaban J connectivity index is 0.000000400. The molecule has 0 aliphatic heterocycles. The molecule has 0 bridgehead atoms. The molecule has 0 fully saturated rings. The van der Waals surface area contributed by atoms with Gasteiger partial charge >= 0.3 is 0 Å². The monoisotopic (exact) mass is 686 g/mol. The number of carbonyl (C=O) groups is 1. The molecule has 226 valence electrons. The van der Waals surface area contributed by atoms with E-state index in [1.807, 2.05) is 6.07 Å². The van der Waals surface area contributed by atoms with Gasteiger partial charge in [0.25, 0.3) is 0 Å². The average Bonchev–Trinajstić information content (AvgIpc) is 2.97. The van der Waals surface area contributed by atoms with E-state index in [9.17, 15) is 9.90 Å². The smallest absolute Gasteiger partial charge is 0.175 e. The predicted molar refractivity (Wildman–Crippen MR) is 170 cm³/mol. The van der Waals surface area contributed by atoms with Crippen molar-refractivity contribution in [2.75, 3.05) is 27.4 Å². The van der Waals surface area contributed by atoms with Crippen molar-refractivity contribution in [2.24, 2.45) is 0 Å². The molecule has 8 heteroatoms. The molecule has 0 unspecified atom stereocenters. The maximum Gasteiger partial charge on any atom is 0.175 e. The van der Waals surface area contributed by atoms with Crippen LogP contribution in [0.1, 0.15) is 107 Å². The van der Waals surface area contributed by atoms with Crippen LogP contribution >= 0.6 is 31.9 Å². The van der Waals surface area contributed by atoms with Gasteiger partial charge in [0.2, 0.25) is 0 Å². The number of rotatable bonds is 20.